The summed E-state index contributed by atoms with van der Waals surface area (Å²) in [5.41, 5.74) is 2.97. The fourth-order valence-corrected chi connectivity index (χ4v) is 3.75. The SMILES string of the molecule is CCNC(c1occc1Br)C1CCCc2ccccc21. The molecule has 0 spiro atoms. The van der Waals surface area contributed by atoms with E-state index in [1.54, 1.807) is 6.26 Å². The largest absolute Gasteiger partial charge is 0.466 e. The normalized spacial score (nSPS) is 19.6. The van der Waals surface area contributed by atoms with Gasteiger partial charge in [-0.15, -0.1) is 0 Å². The molecule has 2 unspecified atom stereocenters. The third kappa shape index (κ3) is 2.57. The van der Waals surface area contributed by atoms with Crippen LogP contribution in [0.3, 0.4) is 0 Å². The molecule has 2 atom stereocenters. The molecule has 1 aromatic carbocycles. The van der Waals surface area contributed by atoms with Gasteiger partial charge in [0.05, 0.1) is 16.8 Å². The summed E-state index contributed by atoms with van der Waals surface area (Å²) < 4.78 is 6.80. The molecule has 1 aromatic heterocycles. The summed E-state index contributed by atoms with van der Waals surface area (Å²) >= 11 is 3.61. The van der Waals surface area contributed by atoms with E-state index in [0.29, 0.717) is 5.92 Å². The molecule has 2 aromatic rings. The molecule has 2 nitrogen and oxygen atoms in total. The van der Waals surface area contributed by atoms with Crippen LogP contribution in [0.1, 0.15) is 48.6 Å². The molecule has 3 heteroatoms. The summed E-state index contributed by atoms with van der Waals surface area (Å²) in [5.74, 6) is 1.51. The van der Waals surface area contributed by atoms with E-state index in [0.717, 1.165) is 16.8 Å². The number of likely N-dealkylation sites (N-methyl/N-ethyl adjacent to an activating group) is 1. The maximum absolute atomic E-state index is 5.74. The Morgan fingerprint density at radius 2 is 2.20 bits per heavy atom. The minimum absolute atomic E-state index is 0.242. The Hall–Kier alpha value is -1.06. The summed E-state index contributed by atoms with van der Waals surface area (Å²) in [5, 5.41) is 3.61. The standard InChI is InChI=1S/C17H20BrNO/c1-2-19-16(17-15(18)10-11-20-17)14-9-5-7-12-6-3-4-8-13(12)14/h3-4,6,8,10-11,14,16,19H,2,5,7,9H2,1H3. The van der Waals surface area contributed by atoms with Crippen molar-refractivity contribution in [3.8, 4) is 0 Å². The smallest absolute Gasteiger partial charge is 0.135 e. The fraction of sp³-hybridized carbons (Fsp3) is 0.412. The summed E-state index contributed by atoms with van der Waals surface area (Å²) in [6.07, 6.45) is 5.42. The molecule has 0 saturated carbocycles. The molecule has 0 amide bonds. The highest BCUT2D eigenvalue weighted by atomic mass is 79.9. The van der Waals surface area contributed by atoms with Gasteiger partial charge in [0.2, 0.25) is 0 Å². The first kappa shape index (κ1) is 13.9. The Labute approximate surface area is 128 Å². The predicted octanol–water partition coefficient (Wildman–Crippen LogP) is 4.81. The number of halogens is 1. The van der Waals surface area contributed by atoms with Gasteiger partial charge in [-0.2, -0.15) is 0 Å². The molecule has 106 valence electrons. The predicted molar refractivity (Wildman–Crippen MR) is 84.9 cm³/mol. The van der Waals surface area contributed by atoms with Crippen LogP contribution in [0.2, 0.25) is 0 Å². The van der Waals surface area contributed by atoms with Crippen LogP contribution in [0, 0.1) is 0 Å². The molecule has 3 rings (SSSR count). The third-order valence-electron chi connectivity index (χ3n) is 4.17. The van der Waals surface area contributed by atoms with Crippen molar-refractivity contribution in [3.63, 3.8) is 0 Å². The number of fused-ring (bicyclic) bond motifs is 1. The lowest BCUT2D eigenvalue weighted by Gasteiger charge is -2.32. The first-order chi connectivity index (χ1) is 9.81. The highest BCUT2D eigenvalue weighted by Crippen LogP contribution is 2.42. The van der Waals surface area contributed by atoms with Crippen LogP contribution in [0.15, 0.2) is 45.5 Å². The summed E-state index contributed by atoms with van der Waals surface area (Å²) in [6, 6.07) is 11.1. The van der Waals surface area contributed by atoms with Gasteiger partial charge in [-0.25, -0.2) is 0 Å². The number of aryl methyl sites for hydroxylation is 1. The van der Waals surface area contributed by atoms with Crippen LogP contribution >= 0.6 is 15.9 Å². The number of hydrogen-bond acceptors (Lipinski definition) is 2. The second-order valence-electron chi connectivity index (χ2n) is 5.37. The maximum Gasteiger partial charge on any atom is 0.135 e. The maximum atomic E-state index is 5.74. The average molecular weight is 334 g/mol. The third-order valence-corrected chi connectivity index (χ3v) is 4.82. The van der Waals surface area contributed by atoms with Crippen molar-refractivity contribution < 1.29 is 4.42 Å². The lowest BCUT2D eigenvalue weighted by atomic mass is 9.78. The van der Waals surface area contributed by atoms with Crippen LogP contribution in [0.4, 0.5) is 0 Å². The highest BCUT2D eigenvalue weighted by molar-refractivity contribution is 9.10. The fourth-order valence-electron chi connectivity index (χ4n) is 3.30. The average Bonchev–Trinajstić information content (AvgIpc) is 2.90. The van der Waals surface area contributed by atoms with Crippen LogP contribution < -0.4 is 5.32 Å². The van der Waals surface area contributed by atoms with E-state index in [1.807, 2.05) is 6.07 Å². The van der Waals surface area contributed by atoms with Crippen LogP contribution in [0.25, 0.3) is 0 Å². The molecular weight excluding hydrogens is 314 g/mol. The molecule has 0 fully saturated rings. The number of furan rings is 1. The Morgan fingerprint density at radius 3 is 2.95 bits per heavy atom. The van der Waals surface area contributed by atoms with Gasteiger partial charge >= 0.3 is 0 Å². The monoisotopic (exact) mass is 333 g/mol. The lowest BCUT2D eigenvalue weighted by molar-refractivity contribution is 0.344. The first-order valence-corrected chi connectivity index (χ1v) is 8.14. The molecule has 1 aliphatic rings. The molecule has 0 saturated heterocycles. The van der Waals surface area contributed by atoms with E-state index in [-0.39, 0.29) is 6.04 Å². The van der Waals surface area contributed by atoms with Crippen molar-refractivity contribution in [2.24, 2.45) is 0 Å². The van der Waals surface area contributed by atoms with Gasteiger partial charge in [0.25, 0.3) is 0 Å². The molecule has 0 radical (unpaired) electrons. The topological polar surface area (TPSA) is 25.2 Å². The number of rotatable bonds is 4. The molecule has 1 aliphatic carbocycles. The van der Waals surface area contributed by atoms with Gasteiger partial charge in [-0.1, -0.05) is 31.2 Å². The van der Waals surface area contributed by atoms with Crippen molar-refractivity contribution in [2.75, 3.05) is 6.54 Å². The molecule has 20 heavy (non-hydrogen) atoms. The molecular formula is C17H20BrNO. The molecule has 0 aliphatic heterocycles. The van der Waals surface area contributed by atoms with Crippen LogP contribution in [-0.4, -0.2) is 6.54 Å². The highest BCUT2D eigenvalue weighted by Gasteiger charge is 2.31. The van der Waals surface area contributed by atoms with Crippen molar-refractivity contribution in [3.05, 3.63) is 58.0 Å². The van der Waals surface area contributed by atoms with Gasteiger partial charge in [0.1, 0.15) is 5.76 Å². The Balaban J connectivity index is 1.99. The van der Waals surface area contributed by atoms with Crippen LogP contribution in [-0.2, 0) is 6.42 Å². The zero-order chi connectivity index (χ0) is 13.9. The van der Waals surface area contributed by atoms with E-state index in [9.17, 15) is 0 Å². The van der Waals surface area contributed by atoms with E-state index in [1.165, 1.54) is 30.4 Å². The minimum Gasteiger partial charge on any atom is -0.466 e. The van der Waals surface area contributed by atoms with Crippen LogP contribution in [0.5, 0.6) is 0 Å². The van der Waals surface area contributed by atoms with Gasteiger partial charge in [0, 0.05) is 5.92 Å². The van der Waals surface area contributed by atoms with E-state index in [2.05, 4.69) is 52.4 Å². The number of hydrogen-bond donors (Lipinski definition) is 1. The van der Waals surface area contributed by atoms with Gasteiger partial charge in [0.15, 0.2) is 0 Å². The number of benzene rings is 1. The van der Waals surface area contributed by atoms with Gasteiger partial charge < -0.3 is 9.73 Å². The van der Waals surface area contributed by atoms with E-state index < -0.39 is 0 Å². The second-order valence-corrected chi connectivity index (χ2v) is 6.22. The van der Waals surface area contributed by atoms with E-state index >= 15 is 0 Å². The summed E-state index contributed by atoms with van der Waals surface area (Å²) in [7, 11) is 0. The Morgan fingerprint density at radius 1 is 1.35 bits per heavy atom. The number of nitrogens with one attached hydrogen (secondary N) is 1. The zero-order valence-electron chi connectivity index (χ0n) is 11.7. The molecule has 0 bridgehead atoms. The van der Waals surface area contributed by atoms with Crippen molar-refractivity contribution >= 4 is 15.9 Å². The van der Waals surface area contributed by atoms with Crippen molar-refractivity contribution in [2.45, 2.75) is 38.1 Å². The summed E-state index contributed by atoms with van der Waals surface area (Å²) in [4.78, 5) is 0. The van der Waals surface area contributed by atoms with Crippen molar-refractivity contribution in [1.82, 2.24) is 5.32 Å². The van der Waals surface area contributed by atoms with E-state index in [4.69, 9.17) is 4.42 Å². The van der Waals surface area contributed by atoms with Gasteiger partial charge in [-0.05, 0) is 58.9 Å². The molecule has 1 N–H and O–H groups in total. The van der Waals surface area contributed by atoms with Gasteiger partial charge in [-0.3, -0.25) is 0 Å². The lowest BCUT2D eigenvalue weighted by Crippen LogP contribution is -2.29. The minimum atomic E-state index is 0.242. The molecule has 1 heterocycles. The second kappa shape index (κ2) is 6.15. The van der Waals surface area contributed by atoms with Crippen molar-refractivity contribution in [1.29, 1.82) is 0 Å². The Bertz CT molecular complexity index is 578. The zero-order valence-corrected chi connectivity index (χ0v) is 13.3. The Kier molecular flexibility index (Phi) is 4.27. The first-order valence-electron chi connectivity index (χ1n) is 7.35. The quantitative estimate of drug-likeness (QED) is 0.868. The summed E-state index contributed by atoms with van der Waals surface area (Å²) in [6.45, 7) is 3.09.